The molecule has 2 atom stereocenters. The van der Waals surface area contributed by atoms with Crippen molar-refractivity contribution < 1.29 is 57.1 Å². The van der Waals surface area contributed by atoms with Crippen LogP contribution in [-0.2, 0) is 25.7 Å². The zero-order chi connectivity index (χ0) is 34.5. The van der Waals surface area contributed by atoms with Gasteiger partial charge in [0.2, 0.25) is 6.79 Å². The van der Waals surface area contributed by atoms with Crippen molar-refractivity contribution in [1.29, 1.82) is 0 Å². The number of ether oxygens (including phenoxy) is 3. The van der Waals surface area contributed by atoms with Crippen molar-refractivity contribution in [3.05, 3.63) is 22.9 Å². The third kappa shape index (κ3) is 8.93. The number of halogens is 4. The standard InChI is InChI=1S/C25H29BrN6O7S.C2HF3O2/c1-13(39-24(36)16(34)10-33)23(35)31-5-2-14(3-6-31)4-7-32-22-20(21(27)28-11-29-22)30-25(32)40-19-9-18-17(8-15(19)26)37-12-38-18;3-2(4,5)1(6)7/h8-9,11,13-14,16,33-34H,2-7,10,12H2,1H3,(H2,27,28,29);(H,6,7)/t13-,16-;/m0./s1. The van der Waals surface area contributed by atoms with Gasteiger partial charge in [0.25, 0.3) is 5.91 Å². The molecular formula is C27H30BrF3N6O9S. The first kappa shape index (κ1) is 36.0. The Bertz CT molecular complexity index is 1620. The van der Waals surface area contributed by atoms with Crippen molar-refractivity contribution in [2.45, 2.75) is 61.2 Å². The number of imidazole rings is 1. The topological polar surface area (TPSA) is 212 Å². The number of carboxylic acid groups (broad SMARTS) is 1. The Morgan fingerprint density at radius 3 is 2.45 bits per heavy atom. The molecule has 5 rings (SSSR count). The van der Waals surface area contributed by atoms with Crippen molar-refractivity contribution in [3.63, 3.8) is 0 Å². The molecule has 1 aromatic carbocycles. The number of carboxylic acids is 1. The number of benzene rings is 1. The third-order valence-corrected chi connectivity index (χ3v) is 9.14. The van der Waals surface area contributed by atoms with E-state index in [-0.39, 0.29) is 12.7 Å². The normalized spacial score (nSPS) is 15.9. The molecule has 0 spiro atoms. The first-order chi connectivity index (χ1) is 22.2. The number of carbonyl (C=O) groups excluding carboxylic acids is 2. The molecule has 20 heteroatoms. The molecule has 0 aliphatic carbocycles. The van der Waals surface area contributed by atoms with Gasteiger partial charge in [-0.05, 0) is 60.2 Å². The number of alkyl halides is 3. The predicted molar refractivity (Wildman–Crippen MR) is 160 cm³/mol. The van der Waals surface area contributed by atoms with Gasteiger partial charge in [-0.15, -0.1) is 0 Å². The molecule has 1 fully saturated rings. The second kappa shape index (κ2) is 15.3. The van der Waals surface area contributed by atoms with E-state index < -0.39 is 36.9 Å². The molecule has 15 nitrogen and oxygen atoms in total. The highest BCUT2D eigenvalue weighted by Crippen LogP contribution is 2.43. The van der Waals surface area contributed by atoms with Gasteiger partial charge in [0.15, 0.2) is 45.8 Å². The molecule has 0 saturated carbocycles. The molecule has 47 heavy (non-hydrogen) atoms. The maximum Gasteiger partial charge on any atom is 0.490 e. The zero-order valence-corrected chi connectivity index (χ0v) is 27.0. The van der Waals surface area contributed by atoms with E-state index in [0.717, 1.165) is 33.8 Å². The fourth-order valence-corrected chi connectivity index (χ4v) is 6.19. The largest absolute Gasteiger partial charge is 0.490 e. The number of hydrogen-bond donors (Lipinski definition) is 4. The SMILES string of the molecule is C[C@H](OC(=O)[C@@H](O)CO)C(=O)N1CCC(CCn2c(Sc3cc4c(cc3Br)OCO4)nc3c(N)ncnc32)CC1.O=C(O)C(F)(F)F. The molecular weight excluding hydrogens is 721 g/mol. The highest BCUT2D eigenvalue weighted by molar-refractivity contribution is 9.10. The van der Waals surface area contributed by atoms with Gasteiger partial charge in [-0.1, -0.05) is 11.8 Å². The number of nitrogens with two attached hydrogens (primary N) is 1. The fraction of sp³-hybridized carbons (Fsp3) is 0.481. The van der Waals surface area contributed by atoms with E-state index in [1.807, 2.05) is 16.7 Å². The van der Waals surface area contributed by atoms with Crippen LogP contribution in [0.3, 0.4) is 0 Å². The Kier molecular flexibility index (Phi) is 11.7. The minimum absolute atomic E-state index is 0.182. The number of anilines is 1. The lowest BCUT2D eigenvalue weighted by Crippen LogP contribution is -2.45. The molecule has 0 bridgehead atoms. The number of hydrogen-bond acceptors (Lipinski definition) is 13. The summed E-state index contributed by atoms with van der Waals surface area (Å²) in [7, 11) is 0. The van der Waals surface area contributed by atoms with Crippen molar-refractivity contribution in [3.8, 4) is 11.5 Å². The van der Waals surface area contributed by atoms with Crippen molar-refractivity contribution >= 4 is 62.5 Å². The molecule has 2 aromatic heterocycles. The summed E-state index contributed by atoms with van der Waals surface area (Å²) in [5, 5.41) is 26.1. The smallest absolute Gasteiger partial charge is 0.475 e. The number of aromatic nitrogens is 4. The van der Waals surface area contributed by atoms with E-state index in [0.29, 0.717) is 54.0 Å². The number of rotatable bonds is 9. The van der Waals surface area contributed by atoms with Gasteiger partial charge in [-0.3, -0.25) is 4.79 Å². The molecule has 5 N–H and O–H groups in total. The summed E-state index contributed by atoms with van der Waals surface area (Å²) in [6.07, 6.45) is -3.95. The predicted octanol–water partition coefficient (Wildman–Crippen LogP) is 2.60. The number of fused-ring (bicyclic) bond motifs is 2. The van der Waals surface area contributed by atoms with E-state index in [2.05, 4.69) is 25.9 Å². The van der Waals surface area contributed by atoms with Crippen LogP contribution in [0.25, 0.3) is 11.2 Å². The average Bonchev–Trinajstić information content (AvgIpc) is 3.63. The molecule has 1 saturated heterocycles. The molecule has 0 radical (unpaired) electrons. The summed E-state index contributed by atoms with van der Waals surface area (Å²) in [5.41, 5.74) is 7.31. The van der Waals surface area contributed by atoms with Gasteiger partial charge in [-0.2, -0.15) is 13.2 Å². The Hall–Kier alpha value is -3.88. The van der Waals surface area contributed by atoms with E-state index in [1.54, 1.807) is 4.90 Å². The maximum absolute atomic E-state index is 12.7. The van der Waals surface area contributed by atoms with Crippen LogP contribution in [0.5, 0.6) is 11.5 Å². The Morgan fingerprint density at radius 2 is 1.83 bits per heavy atom. The number of aliphatic hydroxyl groups excluding tert-OH is 2. The average molecular weight is 752 g/mol. The number of piperidine rings is 1. The van der Waals surface area contributed by atoms with Gasteiger partial charge in [-0.25, -0.2) is 24.5 Å². The molecule has 2 aliphatic rings. The number of nitrogen functional groups attached to an aromatic ring is 1. The molecule has 3 aromatic rings. The molecule has 2 aliphatic heterocycles. The number of carbonyl (C=O) groups is 3. The number of aryl methyl sites for hydroxylation is 1. The number of esters is 1. The second-order valence-electron chi connectivity index (χ2n) is 10.4. The monoisotopic (exact) mass is 750 g/mol. The first-order valence-corrected chi connectivity index (χ1v) is 15.6. The van der Waals surface area contributed by atoms with E-state index in [9.17, 15) is 27.9 Å². The zero-order valence-electron chi connectivity index (χ0n) is 24.6. The summed E-state index contributed by atoms with van der Waals surface area (Å²) in [6.45, 7) is 2.58. The van der Waals surface area contributed by atoms with Crippen LogP contribution in [0.15, 0.2) is 33.0 Å². The summed E-state index contributed by atoms with van der Waals surface area (Å²) in [5.74, 6) is -2.09. The first-order valence-electron chi connectivity index (χ1n) is 14.0. The summed E-state index contributed by atoms with van der Waals surface area (Å²) >= 11 is 5.08. The van der Waals surface area contributed by atoms with Gasteiger partial charge in [0.05, 0.1) is 6.61 Å². The minimum Gasteiger partial charge on any atom is -0.475 e. The fourth-order valence-electron chi connectivity index (χ4n) is 4.68. The number of amides is 1. The molecule has 4 heterocycles. The van der Waals surface area contributed by atoms with Crippen LogP contribution in [-0.4, -0.2) is 102 Å². The Morgan fingerprint density at radius 1 is 1.19 bits per heavy atom. The second-order valence-corrected chi connectivity index (χ2v) is 12.2. The third-order valence-electron chi connectivity index (χ3n) is 7.17. The molecule has 256 valence electrons. The number of likely N-dealkylation sites (tertiary alicyclic amines) is 1. The van der Waals surface area contributed by atoms with E-state index in [1.165, 1.54) is 25.0 Å². The summed E-state index contributed by atoms with van der Waals surface area (Å²) < 4.78 is 50.6. The van der Waals surface area contributed by atoms with Crippen molar-refractivity contribution in [2.24, 2.45) is 5.92 Å². The van der Waals surface area contributed by atoms with Crippen molar-refractivity contribution in [2.75, 3.05) is 32.2 Å². The van der Waals surface area contributed by atoms with Crippen LogP contribution in [0.2, 0.25) is 0 Å². The van der Waals surface area contributed by atoms with Gasteiger partial charge in [0.1, 0.15) is 6.33 Å². The Labute approximate surface area is 277 Å². The van der Waals surface area contributed by atoms with E-state index >= 15 is 0 Å². The van der Waals surface area contributed by atoms with Crippen LogP contribution < -0.4 is 15.2 Å². The summed E-state index contributed by atoms with van der Waals surface area (Å²) in [4.78, 5) is 49.2. The lowest BCUT2D eigenvalue weighted by atomic mass is 9.93. The number of aliphatic hydroxyl groups is 2. The van der Waals surface area contributed by atoms with Crippen LogP contribution in [0.1, 0.15) is 26.2 Å². The van der Waals surface area contributed by atoms with E-state index in [4.69, 9.17) is 39.9 Å². The number of nitrogens with zero attached hydrogens (tertiary/aromatic N) is 5. The van der Waals surface area contributed by atoms with Crippen LogP contribution >= 0.6 is 27.7 Å². The quantitative estimate of drug-likeness (QED) is 0.232. The lowest BCUT2D eigenvalue weighted by molar-refractivity contribution is -0.192. The maximum atomic E-state index is 12.7. The van der Waals surface area contributed by atoms with Gasteiger partial charge < -0.3 is 44.7 Å². The number of aliphatic carboxylic acids is 1. The molecule has 1 amide bonds. The lowest BCUT2D eigenvalue weighted by Gasteiger charge is -2.33. The highest BCUT2D eigenvalue weighted by atomic mass is 79.9. The Balaban J connectivity index is 0.000000644. The van der Waals surface area contributed by atoms with Gasteiger partial charge in [0, 0.05) is 29.0 Å². The van der Waals surface area contributed by atoms with Gasteiger partial charge >= 0.3 is 18.1 Å². The molecule has 0 unspecified atom stereocenters. The highest BCUT2D eigenvalue weighted by Gasteiger charge is 2.38. The van der Waals surface area contributed by atoms with Crippen LogP contribution in [0, 0.1) is 5.92 Å². The van der Waals surface area contributed by atoms with Crippen molar-refractivity contribution in [1.82, 2.24) is 24.4 Å². The summed E-state index contributed by atoms with van der Waals surface area (Å²) in [6, 6.07) is 3.78. The minimum atomic E-state index is -5.08. The van der Waals surface area contributed by atoms with Crippen LogP contribution in [0.4, 0.5) is 19.0 Å².